The summed E-state index contributed by atoms with van der Waals surface area (Å²) in [5.74, 6) is 1.28. The maximum absolute atomic E-state index is 12.4. The van der Waals surface area contributed by atoms with Gasteiger partial charge in [-0.1, -0.05) is 26.2 Å². The van der Waals surface area contributed by atoms with Gasteiger partial charge in [0, 0.05) is 15.2 Å². The molecule has 1 aromatic carbocycles. The third-order valence-electron chi connectivity index (χ3n) is 4.63. The molecule has 2 nitrogen and oxygen atoms in total. The van der Waals surface area contributed by atoms with Crippen LogP contribution in [-0.4, -0.2) is 5.91 Å². The number of hydrogen-bond acceptors (Lipinski definition) is 1. The van der Waals surface area contributed by atoms with Gasteiger partial charge in [-0.05, 0) is 84.9 Å². The Bertz CT molecular complexity index is 478. The van der Waals surface area contributed by atoms with E-state index in [1.54, 1.807) is 0 Å². The summed E-state index contributed by atoms with van der Waals surface area (Å²) in [6.45, 7) is 4.31. The summed E-state index contributed by atoms with van der Waals surface area (Å²) >= 11 is 2.30. The maximum Gasteiger partial charge on any atom is 0.227 e. The number of hydrogen-bond donors (Lipinski definition) is 1. The van der Waals surface area contributed by atoms with Crippen LogP contribution in [0, 0.1) is 22.3 Å². The molecular weight excluding hydrogens is 373 g/mol. The van der Waals surface area contributed by atoms with Crippen LogP contribution in [0.15, 0.2) is 18.2 Å². The molecule has 21 heavy (non-hydrogen) atoms. The van der Waals surface area contributed by atoms with Crippen molar-refractivity contribution in [2.24, 2.45) is 11.8 Å². The summed E-state index contributed by atoms with van der Waals surface area (Å²) in [5, 5.41) is 3.12. The second-order valence-corrected chi connectivity index (χ2v) is 7.55. The number of anilines is 1. The Kier molecular flexibility index (Phi) is 6.52. The van der Waals surface area contributed by atoms with E-state index in [1.807, 2.05) is 12.1 Å². The second-order valence-electron chi connectivity index (χ2n) is 6.31. The molecule has 0 spiro atoms. The van der Waals surface area contributed by atoms with Crippen LogP contribution in [0.25, 0.3) is 0 Å². The minimum Gasteiger partial charge on any atom is -0.326 e. The van der Waals surface area contributed by atoms with Gasteiger partial charge in [0.2, 0.25) is 5.91 Å². The zero-order chi connectivity index (χ0) is 15.2. The number of carbonyl (C=O) groups excluding carboxylic acids is 1. The van der Waals surface area contributed by atoms with E-state index >= 15 is 0 Å². The standard InChI is InChI=1S/C18H26INO/c1-3-4-5-14-6-8-15(9-7-14)18(21)20-17-11-10-16(19)12-13(17)2/h10-12,14-15H,3-9H2,1-2H3,(H,20,21). The van der Waals surface area contributed by atoms with Crippen LogP contribution in [0.1, 0.15) is 57.4 Å². The molecule has 1 N–H and O–H groups in total. The van der Waals surface area contributed by atoms with Crippen molar-refractivity contribution in [3.8, 4) is 0 Å². The molecule has 2 rings (SSSR count). The smallest absolute Gasteiger partial charge is 0.227 e. The lowest BCUT2D eigenvalue weighted by Crippen LogP contribution is -2.27. The van der Waals surface area contributed by atoms with Crippen LogP contribution in [0.4, 0.5) is 5.69 Å². The molecule has 116 valence electrons. The first-order chi connectivity index (χ1) is 10.1. The fraction of sp³-hybridized carbons (Fsp3) is 0.611. The Morgan fingerprint density at radius 1 is 1.29 bits per heavy atom. The van der Waals surface area contributed by atoms with Crippen molar-refractivity contribution in [1.29, 1.82) is 0 Å². The van der Waals surface area contributed by atoms with E-state index in [1.165, 1.54) is 35.7 Å². The highest BCUT2D eigenvalue weighted by atomic mass is 127. The fourth-order valence-electron chi connectivity index (χ4n) is 3.21. The molecule has 0 aromatic heterocycles. The normalized spacial score (nSPS) is 22.0. The van der Waals surface area contributed by atoms with Gasteiger partial charge in [0.05, 0.1) is 0 Å². The number of rotatable bonds is 5. The molecule has 0 bridgehead atoms. The molecule has 0 aliphatic heterocycles. The summed E-state index contributed by atoms with van der Waals surface area (Å²) < 4.78 is 1.21. The number of nitrogens with one attached hydrogen (secondary N) is 1. The first-order valence-electron chi connectivity index (χ1n) is 8.17. The number of halogens is 1. The van der Waals surface area contributed by atoms with E-state index in [0.29, 0.717) is 0 Å². The minimum atomic E-state index is 0.210. The molecule has 0 saturated heterocycles. The maximum atomic E-state index is 12.4. The van der Waals surface area contributed by atoms with Crippen molar-refractivity contribution >= 4 is 34.2 Å². The average Bonchev–Trinajstić information content (AvgIpc) is 2.48. The highest BCUT2D eigenvalue weighted by molar-refractivity contribution is 14.1. The Labute approximate surface area is 142 Å². The van der Waals surface area contributed by atoms with Crippen molar-refractivity contribution in [1.82, 2.24) is 0 Å². The molecule has 1 saturated carbocycles. The van der Waals surface area contributed by atoms with E-state index in [2.05, 4.69) is 47.8 Å². The van der Waals surface area contributed by atoms with Crippen molar-refractivity contribution in [3.63, 3.8) is 0 Å². The third-order valence-corrected chi connectivity index (χ3v) is 5.30. The topological polar surface area (TPSA) is 29.1 Å². The number of unbranched alkanes of at least 4 members (excludes halogenated alkanes) is 1. The predicted octanol–water partition coefficient (Wildman–Crippen LogP) is 5.53. The summed E-state index contributed by atoms with van der Waals surface area (Å²) in [5.41, 5.74) is 2.11. The molecule has 0 unspecified atom stereocenters. The van der Waals surface area contributed by atoms with Gasteiger partial charge in [0.25, 0.3) is 0 Å². The van der Waals surface area contributed by atoms with Gasteiger partial charge in [0.15, 0.2) is 0 Å². The Balaban J connectivity index is 1.84. The van der Waals surface area contributed by atoms with Gasteiger partial charge in [-0.15, -0.1) is 0 Å². The van der Waals surface area contributed by atoms with E-state index < -0.39 is 0 Å². The van der Waals surface area contributed by atoms with Gasteiger partial charge in [-0.2, -0.15) is 0 Å². The molecule has 0 heterocycles. The Morgan fingerprint density at radius 3 is 2.62 bits per heavy atom. The minimum absolute atomic E-state index is 0.210. The molecule has 1 fully saturated rings. The molecule has 0 atom stereocenters. The van der Waals surface area contributed by atoms with Crippen LogP contribution in [-0.2, 0) is 4.79 Å². The summed E-state index contributed by atoms with van der Waals surface area (Å²) in [4.78, 5) is 12.4. The number of amides is 1. The highest BCUT2D eigenvalue weighted by Crippen LogP contribution is 2.32. The molecule has 0 radical (unpaired) electrons. The SMILES string of the molecule is CCCCC1CCC(C(=O)Nc2ccc(I)cc2C)CC1. The summed E-state index contributed by atoms with van der Waals surface area (Å²) in [6.07, 6.45) is 8.54. The van der Waals surface area contributed by atoms with Crippen LogP contribution < -0.4 is 5.32 Å². The van der Waals surface area contributed by atoms with Crippen LogP contribution in [0.2, 0.25) is 0 Å². The van der Waals surface area contributed by atoms with Crippen molar-refractivity contribution in [3.05, 3.63) is 27.3 Å². The first-order valence-corrected chi connectivity index (χ1v) is 9.25. The lowest BCUT2D eigenvalue weighted by molar-refractivity contribution is -0.121. The highest BCUT2D eigenvalue weighted by Gasteiger charge is 2.26. The van der Waals surface area contributed by atoms with E-state index in [4.69, 9.17) is 0 Å². The molecule has 1 aromatic rings. The second kappa shape index (κ2) is 8.16. The Morgan fingerprint density at radius 2 is 2.00 bits per heavy atom. The summed E-state index contributed by atoms with van der Waals surface area (Å²) in [6, 6.07) is 6.17. The fourth-order valence-corrected chi connectivity index (χ4v) is 3.86. The van der Waals surface area contributed by atoms with E-state index in [0.717, 1.165) is 30.0 Å². The van der Waals surface area contributed by atoms with Crippen molar-refractivity contribution < 1.29 is 4.79 Å². The molecule has 1 amide bonds. The third kappa shape index (κ3) is 4.97. The van der Waals surface area contributed by atoms with Crippen molar-refractivity contribution in [2.45, 2.75) is 58.8 Å². The van der Waals surface area contributed by atoms with E-state index in [-0.39, 0.29) is 11.8 Å². The number of aryl methyl sites for hydroxylation is 1. The van der Waals surface area contributed by atoms with Gasteiger partial charge in [0.1, 0.15) is 0 Å². The zero-order valence-electron chi connectivity index (χ0n) is 13.1. The molecule has 1 aliphatic rings. The first kappa shape index (κ1) is 16.8. The lowest BCUT2D eigenvalue weighted by Gasteiger charge is -2.28. The quantitative estimate of drug-likeness (QED) is 0.648. The molecular formula is C18H26INO. The van der Waals surface area contributed by atoms with Crippen LogP contribution in [0.3, 0.4) is 0 Å². The predicted molar refractivity (Wildman–Crippen MR) is 97.5 cm³/mol. The Hall–Kier alpha value is -0.580. The summed E-state index contributed by atoms with van der Waals surface area (Å²) in [7, 11) is 0. The lowest BCUT2D eigenvalue weighted by atomic mass is 9.79. The molecule has 3 heteroatoms. The van der Waals surface area contributed by atoms with E-state index in [9.17, 15) is 4.79 Å². The van der Waals surface area contributed by atoms with Gasteiger partial charge >= 0.3 is 0 Å². The van der Waals surface area contributed by atoms with Crippen LogP contribution in [0.5, 0.6) is 0 Å². The largest absolute Gasteiger partial charge is 0.326 e. The average molecular weight is 399 g/mol. The van der Waals surface area contributed by atoms with Crippen LogP contribution >= 0.6 is 22.6 Å². The molecule has 1 aliphatic carbocycles. The van der Waals surface area contributed by atoms with Crippen molar-refractivity contribution in [2.75, 3.05) is 5.32 Å². The number of carbonyl (C=O) groups is 1. The zero-order valence-corrected chi connectivity index (χ0v) is 15.3. The number of benzene rings is 1. The van der Waals surface area contributed by atoms with Gasteiger partial charge in [-0.25, -0.2) is 0 Å². The van der Waals surface area contributed by atoms with Gasteiger partial charge in [-0.3, -0.25) is 4.79 Å². The van der Waals surface area contributed by atoms with Gasteiger partial charge < -0.3 is 5.32 Å². The monoisotopic (exact) mass is 399 g/mol.